The van der Waals surface area contributed by atoms with E-state index in [1.54, 1.807) is 11.8 Å². The number of ether oxygens (including phenoxy) is 1. The molecular weight excluding hydrogens is 234 g/mol. The van der Waals surface area contributed by atoms with Crippen LogP contribution in [-0.4, -0.2) is 47.7 Å². The van der Waals surface area contributed by atoms with Crippen molar-refractivity contribution in [1.29, 1.82) is 0 Å². The number of hydrogen-bond acceptors (Lipinski definition) is 4. The summed E-state index contributed by atoms with van der Waals surface area (Å²) in [4.78, 5) is 14.3. The number of amides is 1. The second-order valence-corrected chi connectivity index (χ2v) is 4.82. The molecule has 0 aromatic rings. The van der Waals surface area contributed by atoms with E-state index >= 15 is 0 Å². The van der Waals surface area contributed by atoms with Crippen molar-refractivity contribution in [2.75, 3.05) is 19.7 Å². The van der Waals surface area contributed by atoms with Crippen molar-refractivity contribution in [3.8, 4) is 0 Å². The lowest BCUT2D eigenvalue weighted by Gasteiger charge is -2.37. The topological polar surface area (TPSA) is 88.2 Å². The molecule has 6 nitrogen and oxygen atoms in total. The predicted molar refractivity (Wildman–Crippen MR) is 68.4 cm³/mol. The fraction of sp³-hybridized carbons (Fsp3) is 0.833. The highest BCUT2D eigenvalue weighted by molar-refractivity contribution is 6.06. The van der Waals surface area contributed by atoms with E-state index in [1.165, 1.54) is 0 Å². The molecule has 0 aromatic heterocycles. The lowest BCUT2D eigenvalue weighted by Crippen LogP contribution is -2.54. The Bertz CT molecular complexity index is 333. The minimum atomic E-state index is -0.940. The van der Waals surface area contributed by atoms with E-state index in [9.17, 15) is 4.79 Å². The van der Waals surface area contributed by atoms with Gasteiger partial charge in [-0.05, 0) is 19.8 Å². The molecule has 1 aliphatic heterocycles. The number of nitrogens with two attached hydrogens (primary N) is 1. The molecule has 6 heteroatoms. The number of morpholine rings is 1. The first-order valence-corrected chi connectivity index (χ1v) is 6.38. The second kappa shape index (κ2) is 6.04. The molecule has 3 N–H and O–H groups in total. The Morgan fingerprint density at radius 3 is 2.78 bits per heavy atom. The molecule has 1 saturated heterocycles. The summed E-state index contributed by atoms with van der Waals surface area (Å²) in [5.41, 5.74) is 4.72. The van der Waals surface area contributed by atoms with Gasteiger partial charge in [0, 0.05) is 13.1 Å². The van der Waals surface area contributed by atoms with Crippen LogP contribution in [0.3, 0.4) is 0 Å². The molecule has 1 amide bonds. The minimum absolute atomic E-state index is 0.0328. The van der Waals surface area contributed by atoms with Crippen molar-refractivity contribution >= 4 is 11.7 Å². The van der Waals surface area contributed by atoms with Crippen molar-refractivity contribution in [2.24, 2.45) is 16.3 Å². The molecule has 0 spiro atoms. The van der Waals surface area contributed by atoms with E-state index in [-0.39, 0.29) is 17.8 Å². The highest BCUT2D eigenvalue weighted by Crippen LogP contribution is 2.26. The molecule has 1 rings (SSSR count). The molecule has 0 aromatic carbocycles. The van der Waals surface area contributed by atoms with Gasteiger partial charge in [-0.2, -0.15) is 0 Å². The Morgan fingerprint density at radius 2 is 2.28 bits per heavy atom. The van der Waals surface area contributed by atoms with Crippen LogP contribution in [0.15, 0.2) is 5.16 Å². The SMILES string of the molecule is CCC1CN(C(=O)C(C)(CC)C(N)=NO)CCO1. The normalized spacial score (nSPS) is 24.7. The van der Waals surface area contributed by atoms with Crippen molar-refractivity contribution in [2.45, 2.75) is 39.7 Å². The maximum absolute atomic E-state index is 12.5. The Hall–Kier alpha value is -1.30. The zero-order chi connectivity index (χ0) is 13.8. The van der Waals surface area contributed by atoms with Crippen LogP contribution in [0, 0.1) is 5.41 Å². The average Bonchev–Trinajstić information content (AvgIpc) is 2.44. The number of oxime groups is 1. The lowest BCUT2D eigenvalue weighted by molar-refractivity contribution is -0.145. The number of carbonyl (C=O) groups excluding carboxylic acids is 1. The van der Waals surface area contributed by atoms with Gasteiger partial charge in [-0.15, -0.1) is 0 Å². The smallest absolute Gasteiger partial charge is 0.236 e. The molecule has 2 atom stereocenters. The number of carbonyl (C=O) groups is 1. The van der Waals surface area contributed by atoms with Gasteiger partial charge in [0.1, 0.15) is 5.41 Å². The Labute approximate surface area is 108 Å². The van der Waals surface area contributed by atoms with E-state index < -0.39 is 5.41 Å². The van der Waals surface area contributed by atoms with Gasteiger partial charge in [0.25, 0.3) is 0 Å². The van der Waals surface area contributed by atoms with Crippen molar-refractivity contribution < 1.29 is 14.7 Å². The average molecular weight is 257 g/mol. The molecule has 0 aliphatic carbocycles. The second-order valence-electron chi connectivity index (χ2n) is 4.82. The molecule has 0 bridgehead atoms. The van der Waals surface area contributed by atoms with Gasteiger partial charge in [0.05, 0.1) is 12.7 Å². The number of hydrogen-bond donors (Lipinski definition) is 2. The van der Waals surface area contributed by atoms with Crippen LogP contribution in [0.25, 0.3) is 0 Å². The van der Waals surface area contributed by atoms with Gasteiger partial charge < -0.3 is 20.6 Å². The summed E-state index contributed by atoms with van der Waals surface area (Å²) in [5.74, 6) is -0.128. The molecule has 1 fully saturated rings. The van der Waals surface area contributed by atoms with Crippen LogP contribution in [0.2, 0.25) is 0 Å². The summed E-state index contributed by atoms with van der Waals surface area (Å²) >= 11 is 0. The standard InChI is InChI=1S/C12H23N3O3/c1-4-9-8-15(6-7-18-9)11(16)12(3,5-2)10(13)14-17/h9,17H,4-8H2,1-3H3,(H2,13,14). The molecule has 2 unspecified atom stereocenters. The summed E-state index contributed by atoms with van der Waals surface area (Å²) in [6.07, 6.45) is 1.45. The van der Waals surface area contributed by atoms with E-state index in [0.717, 1.165) is 6.42 Å². The quantitative estimate of drug-likeness (QED) is 0.337. The molecule has 1 heterocycles. The van der Waals surface area contributed by atoms with E-state index in [2.05, 4.69) is 5.16 Å². The van der Waals surface area contributed by atoms with E-state index in [1.807, 2.05) is 13.8 Å². The van der Waals surface area contributed by atoms with Gasteiger partial charge >= 0.3 is 0 Å². The Kier molecular flexibility index (Phi) is 4.95. The van der Waals surface area contributed by atoms with E-state index in [0.29, 0.717) is 26.1 Å². The van der Waals surface area contributed by atoms with Gasteiger partial charge in [-0.25, -0.2) is 0 Å². The monoisotopic (exact) mass is 257 g/mol. The van der Waals surface area contributed by atoms with Crippen LogP contribution < -0.4 is 5.73 Å². The van der Waals surface area contributed by atoms with Gasteiger partial charge in [-0.3, -0.25) is 4.79 Å². The Balaban J connectivity index is 2.84. The predicted octanol–water partition coefficient (Wildman–Crippen LogP) is 0.786. The third kappa shape index (κ3) is 2.75. The van der Waals surface area contributed by atoms with Crippen LogP contribution in [0.1, 0.15) is 33.6 Å². The zero-order valence-corrected chi connectivity index (χ0v) is 11.3. The third-order valence-corrected chi connectivity index (χ3v) is 3.73. The largest absolute Gasteiger partial charge is 0.409 e. The first kappa shape index (κ1) is 14.8. The van der Waals surface area contributed by atoms with Gasteiger partial charge in [-0.1, -0.05) is 19.0 Å². The first-order chi connectivity index (χ1) is 8.49. The summed E-state index contributed by atoms with van der Waals surface area (Å²) in [6, 6.07) is 0. The van der Waals surface area contributed by atoms with Crippen molar-refractivity contribution in [3.63, 3.8) is 0 Å². The number of amidine groups is 1. The fourth-order valence-electron chi connectivity index (χ4n) is 2.05. The number of nitrogens with zero attached hydrogens (tertiary/aromatic N) is 2. The highest BCUT2D eigenvalue weighted by Gasteiger charge is 2.40. The highest BCUT2D eigenvalue weighted by atomic mass is 16.5. The zero-order valence-electron chi connectivity index (χ0n) is 11.3. The number of rotatable bonds is 4. The van der Waals surface area contributed by atoms with Crippen LogP contribution in [-0.2, 0) is 9.53 Å². The summed E-state index contributed by atoms with van der Waals surface area (Å²) < 4.78 is 5.54. The van der Waals surface area contributed by atoms with Crippen molar-refractivity contribution in [3.05, 3.63) is 0 Å². The van der Waals surface area contributed by atoms with Crippen LogP contribution in [0.5, 0.6) is 0 Å². The maximum atomic E-state index is 12.5. The summed E-state index contributed by atoms with van der Waals surface area (Å²) in [6.45, 7) is 7.27. The molecule has 104 valence electrons. The van der Waals surface area contributed by atoms with Gasteiger partial charge in [0.15, 0.2) is 5.84 Å². The molecule has 18 heavy (non-hydrogen) atoms. The van der Waals surface area contributed by atoms with Crippen LogP contribution in [0.4, 0.5) is 0 Å². The third-order valence-electron chi connectivity index (χ3n) is 3.73. The van der Waals surface area contributed by atoms with Crippen molar-refractivity contribution in [1.82, 2.24) is 4.90 Å². The Morgan fingerprint density at radius 1 is 1.61 bits per heavy atom. The fourth-order valence-corrected chi connectivity index (χ4v) is 2.05. The maximum Gasteiger partial charge on any atom is 0.236 e. The minimum Gasteiger partial charge on any atom is -0.409 e. The van der Waals surface area contributed by atoms with Crippen LogP contribution >= 0.6 is 0 Å². The molecule has 1 aliphatic rings. The first-order valence-electron chi connectivity index (χ1n) is 6.38. The molecular formula is C12H23N3O3. The van der Waals surface area contributed by atoms with Gasteiger partial charge in [0.2, 0.25) is 5.91 Å². The molecule has 0 radical (unpaired) electrons. The lowest BCUT2D eigenvalue weighted by atomic mass is 9.84. The summed E-state index contributed by atoms with van der Waals surface area (Å²) in [5, 5.41) is 11.8. The molecule has 0 saturated carbocycles. The van der Waals surface area contributed by atoms with E-state index in [4.69, 9.17) is 15.7 Å². The summed E-state index contributed by atoms with van der Waals surface area (Å²) in [7, 11) is 0.